The summed E-state index contributed by atoms with van der Waals surface area (Å²) in [6.45, 7) is 5.62. The van der Waals surface area contributed by atoms with Crippen molar-refractivity contribution in [2.24, 2.45) is 17.8 Å². The van der Waals surface area contributed by atoms with Gasteiger partial charge in [0.05, 0.1) is 23.4 Å². The summed E-state index contributed by atoms with van der Waals surface area (Å²) in [6.07, 6.45) is 6.20. The van der Waals surface area contributed by atoms with Crippen LogP contribution < -0.4 is 16.0 Å². The highest BCUT2D eigenvalue weighted by molar-refractivity contribution is 7.07. The third kappa shape index (κ3) is 12.0. The second-order valence-electron chi connectivity index (χ2n) is 14.1. The zero-order valence-corrected chi connectivity index (χ0v) is 29.1. The molecule has 0 bridgehead atoms. The monoisotopic (exact) mass is 669 g/mol. The molecule has 47 heavy (non-hydrogen) atoms. The molecule has 0 spiro atoms. The fraction of sp³-hybridized carbons (Fsp3) is 0.667. The van der Waals surface area contributed by atoms with Crippen LogP contribution in [0.1, 0.15) is 82.9 Å². The Kier molecular flexibility index (Phi) is 14.6. The maximum atomic E-state index is 14.1. The summed E-state index contributed by atoms with van der Waals surface area (Å²) in [5.41, 5.74) is 3.24. The molecule has 1 saturated carbocycles. The van der Waals surface area contributed by atoms with Crippen molar-refractivity contribution < 1.29 is 24.6 Å². The summed E-state index contributed by atoms with van der Waals surface area (Å²) >= 11 is 1.41. The Bertz CT molecular complexity index is 1230. The summed E-state index contributed by atoms with van der Waals surface area (Å²) < 4.78 is 0. The van der Waals surface area contributed by atoms with Gasteiger partial charge in [-0.2, -0.15) is 0 Å². The number of benzene rings is 1. The topological polar surface area (TPSA) is 144 Å². The van der Waals surface area contributed by atoms with Gasteiger partial charge in [-0.25, -0.2) is 4.98 Å². The molecule has 11 heteroatoms. The summed E-state index contributed by atoms with van der Waals surface area (Å²) in [6, 6.07) is 6.99. The van der Waals surface area contributed by atoms with Gasteiger partial charge in [0.25, 0.3) is 0 Å². The van der Waals surface area contributed by atoms with Crippen molar-refractivity contribution in [3.8, 4) is 0 Å². The number of nitrogens with zero attached hydrogens (tertiary/aromatic N) is 2. The maximum absolute atomic E-state index is 14.1. The van der Waals surface area contributed by atoms with Gasteiger partial charge in [0.2, 0.25) is 17.7 Å². The van der Waals surface area contributed by atoms with Gasteiger partial charge in [-0.1, -0.05) is 76.3 Å². The van der Waals surface area contributed by atoms with E-state index in [0.717, 1.165) is 57.2 Å². The second kappa shape index (κ2) is 18.6. The molecule has 2 heterocycles. The van der Waals surface area contributed by atoms with E-state index in [-0.39, 0.29) is 30.6 Å². The number of aliphatic hydroxyl groups excluding tert-OH is 2. The van der Waals surface area contributed by atoms with Gasteiger partial charge in [-0.05, 0) is 63.2 Å². The average molecular weight is 670 g/mol. The van der Waals surface area contributed by atoms with E-state index in [1.54, 1.807) is 5.51 Å². The number of nitrogens with one attached hydrogen (secondary N) is 3. The van der Waals surface area contributed by atoms with Gasteiger partial charge >= 0.3 is 0 Å². The van der Waals surface area contributed by atoms with E-state index in [1.165, 1.54) is 17.8 Å². The number of rotatable bonds is 16. The summed E-state index contributed by atoms with van der Waals surface area (Å²) in [5.74, 6) is -0.701. The van der Waals surface area contributed by atoms with Crippen LogP contribution in [0.2, 0.25) is 0 Å². The maximum Gasteiger partial charge on any atom is 0.243 e. The molecular weight excluding hydrogens is 614 g/mol. The fourth-order valence-corrected chi connectivity index (χ4v) is 7.46. The molecule has 2 aliphatic rings. The lowest BCUT2D eigenvalue weighted by molar-refractivity contribution is -0.134. The molecule has 3 amide bonds. The Morgan fingerprint density at radius 1 is 0.915 bits per heavy atom. The zero-order valence-electron chi connectivity index (χ0n) is 28.3. The fourth-order valence-electron chi connectivity index (χ4n) is 6.89. The van der Waals surface area contributed by atoms with E-state index < -0.39 is 42.1 Å². The highest BCUT2D eigenvalue weighted by atomic mass is 32.1. The highest BCUT2D eigenvalue weighted by Gasteiger charge is 2.35. The number of aromatic nitrogens is 1. The molecule has 2 fully saturated rings. The Labute approximate surface area is 284 Å². The smallest absolute Gasteiger partial charge is 0.243 e. The number of likely N-dealkylation sites (tertiary alicyclic amines) is 1. The number of amides is 3. The van der Waals surface area contributed by atoms with Crippen molar-refractivity contribution in [3.63, 3.8) is 0 Å². The molecule has 1 aromatic carbocycles. The molecule has 4 rings (SSSR count). The Morgan fingerprint density at radius 2 is 1.57 bits per heavy atom. The zero-order chi connectivity index (χ0) is 33.8. The third-order valence-corrected chi connectivity index (χ3v) is 10.3. The lowest BCUT2D eigenvalue weighted by atomic mass is 9.82. The number of carbonyl (C=O) groups is 3. The van der Waals surface area contributed by atoms with E-state index in [2.05, 4.69) is 25.8 Å². The van der Waals surface area contributed by atoms with E-state index in [4.69, 9.17) is 0 Å². The van der Waals surface area contributed by atoms with Crippen molar-refractivity contribution in [2.75, 3.05) is 20.1 Å². The molecular formula is C36H55N5O5S. The van der Waals surface area contributed by atoms with Gasteiger partial charge in [0.15, 0.2) is 0 Å². The molecule has 1 aliphatic carbocycles. The van der Waals surface area contributed by atoms with Crippen molar-refractivity contribution in [2.45, 2.75) is 115 Å². The van der Waals surface area contributed by atoms with Gasteiger partial charge in [0.1, 0.15) is 18.2 Å². The SMILES string of the molecule is CC(C)C[C@H](O)[C@H](O)[C@H](CC1CCCCC1)NC(=O)[C@H](Cc1cscn1)NC(=O)[C@H](Cc1ccccc1)NC(=O)C1CCN(C)CC1. The second-order valence-corrected chi connectivity index (χ2v) is 14.8. The molecule has 0 radical (unpaired) electrons. The van der Waals surface area contributed by atoms with Crippen LogP contribution in [0.25, 0.3) is 0 Å². The van der Waals surface area contributed by atoms with Gasteiger partial charge in [-0.3, -0.25) is 14.4 Å². The van der Waals surface area contributed by atoms with Crippen molar-refractivity contribution in [1.82, 2.24) is 25.8 Å². The molecule has 0 unspecified atom stereocenters. The van der Waals surface area contributed by atoms with Crippen LogP contribution in [0.15, 0.2) is 41.2 Å². The molecule has 260 valence electrons. The van der Waals surface area contributed by atoms with E-state index in [9.17, 15) is 24.6 Å². The molecule has 10 nitrogen and oxygen atoms in total. The normalized spacial score (nSPS) is 19.8. The van der Waals surface area contributed by atoms with E-state index in [0.29, 0.717) is 24.5 Å². The number of hydrogen-bond donors (Lipinski definition) is 5. The Balaban J connectivity index is 1.53. The van der Waals surface area contributed by atoms with Crippen LogP contribution in [-0.4, -0.2) is 88.3 Å². The Hall–Kier alpha value is -2.86. The molecule has 1 aliphatic heterocycles. The van der Waals surface area contributed by atoms with Gasteiger partial charge < -0.3 is 31.1 Å². The Morgan fingerprint density at radius 3 is 2.21 bits per heavy atom. The van der Waals surface area contributed by atoms with Crippen LogP contribution in [0, 0.1) is 17.8 Å². The van der Waals surface area contributed by atoms with Crippen LogP contribution in [0.4, 0.5) is 0 Å². The minimum atomic E-state index is -1.14. The minimum Gasteiger partial charge on any atom is -0.390 e. The molecule has 2 aromatic rings. The summed E-state index contributed by atoms with van der Waals surface area (Å²) in [7, 11) is 2.04. The predicted molar refractivity (Wildman–Crippen MR) is 185 cm³/mol. The van der Waals surface area contributed by atoms with Crippen molar-refractivity contribution >= 4 is 29.1 Å². The first-order valence-corrected chi connectivity index (χ1v) is 18.4. The van der Waals surface area contributed by atoms with Crippen LogP contribution in [-0.2, 0) is 27.2 Å². The standard InChI is InChI=1S/C36H55N5O5S/c1-24(2)18-32(42)33(43)29(19-25-10-6-4-7-11-25)38-36(46)31(21-28-22-47-23-37-28)40-35(45)30(20-26-12-8-5-9-13-26)39-34(44)27-14-16-41(3)17-15-27/h5,8-9,12-13,22-25,27,29-33,42-43H,4,6-7,10-11,14-21H2,1-3H3,(H,38,46)(H,39,44)(H,40,45)/t29-,30-,31-,32-,33+/m0/s1. The number of thiazole rings is 1. The van der Waals surface area contributed by atoms with Crippen LogP contribution >= 0.6 is 11.3 Å². The number of carbonyl (C=O) groups excluding carboxylic acids is 3. The van der Waals surface area contributed by atoms with E-state index >= 15 is 0 Å². The molecule has 5 atom stereocenters. The average Bonchev–Trinajstić information content (AvgIpc) is 3.57. The predicted octanol–water partition coefficient (Wildman–Crippen LogP) is 3.46. The first-order chi connectivity index (χ1) is 22.6. The first-order valence-electron chi connectivity index (χ1n) is 17.5. The van der Waals surface area contributed by atoms with E-state index in [1.807, 2.05) is 56.6 Å². The summed E-state index contributed by atoms with van der Waals surface area (Å²) in [4.78, 5) is 48.0. The van der Waals surface area contributed by atoms with Crippen LogP contribution in [0.5, 0.6) is 0 Å². The lowest BCUT2D eigenvalue weighted by Crippen LogP contribution is -2.59. The number of aliphatic hydroxyl groups is 2. The quantitative estimate of drug-likeness (QED) is 0.184. The number of hydrogen-bond acceptors (Lipinski definition) is 8. The first kappa shape index (κ1) is 37.0. The van der Waals surface area contributed by atoms with Crippen molar-refractivity contribution in [3.05, 3.63) is 52.5 Å². The van der Waals surface area contributed by atoms with Gasteiger partial charge in [-0.15, -0.1) is 11.3 Å². The summed E-state index contributed by atoms with van der Waals surface area (Å²) in [5, 5.41) is 33.0. The third-order valence-electron chi connectivity index (χ3n) is 9.69. The van der Waals surface area contributed by atoms with Gasteiger partial charge in [0, 0.05) is 24.1 Å². The minimum absolute atomic E-state index is 0.149. The highest BCUT2D eigenvalue weighted by Crippen LogP contribution is 2.29. The number of piperidine rings is 1. The molecule has 1 aromatic heterocycles. The van der Waals surface area contributed by atoms with Crippen LogP contribution in [0.3, 0.4) is 0 Å². The molecule has 1 saturated heterocycles. The lowest BCUT2D eigenvalue weighted by Gasteiger charge is -2.34. The van der Waals surface area contributed by atoms with Crippen molar-refractivity contribution in [1.29, 1.82) is 0 Å². The molecule has 5 N–H and O–H groups in total. The largest absolute Gasteiger partial charge is 0.390 e.